The van der Waals surface area contributed by atoms with Crippen molar-refractivity contribution >= 4 is 61.9 Å². The number of nitrogens with one attached hydrogen (secondary N) is 1. The Balaban J connectivity index is 1.91. The number of aryl methyl sites for hydroxylation is 1. The highest BCUT2D eigenvalue weighted by Gasteiger charge is 2.09. The van der Waals surface area contributed by atoms with Gasteiger partial charge in [-0.15, -0.1) is 22.7 Å². The van der Waals surface area contributed by atoms with Crippen LogP contribution in [0.3, 0.4) is 0 Å². The fourth-order valence-corrected chi connectivity index (χ4v) is 3.89. The zero-order valence-corrected chi connectivity index (χ0v) is 13.1. The number of rotatable bonds is 3. The standard InChI is InChI=1S/C12H9Cl2N3S2/c1-6-4-8-10(16-12(14)17-11(8)18-6)15-5-7-2-3-9(13)19-7/h2-4H,5H2,1H3,(H,15,16,17). The Labute approximate surface area is 128 Å². The molecule has 0 fully saturated rings. The Hall–Kier alpha value is -0.880. The van der Waals surface area contributed by atoms with Crippen LogP contribution in [0.4, 0.5) is 5.82 Å². The van der Waals surface area contributed by atoms with E-state index in [2.05, 4.69) is 21.4 Å². The van der Waals surface area contributed by atoms with Crippen LogP contribution in [0.5, 0.6) is 0 Å². The van der Waals surface area contributed by atoms with Gasteiger partial charge >= 0.3 is 0 Å². The molecule has 0 spiro atoms. The molecule has 0 aliphatic heterocycles. The summed E-state index contributed by atoms with van der Waals surface area (Å²) in [6.07, 6.45) is 0. The SMILES string of the molecule is Cc1cc2c(NCc3ccc(Cl)s3)nc(Cl)nc2s1. The number of halogens is 2. The van der Waals surface area contributed by atoms with E-state index in [-0.39, 0.29) is 5.28 Å². The summed E-state index contributed by atoms with van der Waals surface area (Å²) in [6, 6.07) is 5.96. The van der Waals surface area contributed by atoms with E-state index in [0.717, 1.165) is 25.2 Å². The number of nitrogens with zero attached hydrogens (tertiary/aromatic N) is 2. The van der Waals surface area contributed by atoms with Gasteiger partial charge in [-0.3, -0.25) is 0 Å². The lowest BCUT2D eigenvalue weighted by Crippen LogP contribution is -2.01. The van der Waals surface area contributed by atoms with Crippen LogP contribution in [0.2, 0.25) is 9.62 Å². The molecule has 0 bridgehead atoms. The molecular formula is C12H9Cl2N3S2. The van der Waals surface area contributed by atoms with Gasteiger partial charge < -0.3 is 5.32 Å². The second-order valence-corrected chi connectivity index (χ2v) is 7.35. The van der Waals surface area contributed by atoms with E-state index >= 15 is 0 Å². The summed E-state index contributed by atoms with van der Waals surface area (Å²) in [5, 5.41) is 4.57. The maximum atomic E-state index is 5.94. The number of hydrogen-bond acceptors (Lipinski definition) is 5. The van der Waals surface area contributed by atoms with Gasteiger partial charge in [0.05, 0.1) is 16.3 Å². The van der Waals surface area contributed by atoms with Crippen LogP contribution in [0, 0.1) is 6.92 Å². The molecule has 7 heteroatoms. The van der Waals surface area contributed by atoms with Gasteiger partial charge in [-0.1, -0.05) is 11.6 Å². The number of aromatic nitrogens is 2. The molecule has 98 valence electrons. The summed E-state index contributed by atoms with van der Waals surface area (Å²) < 4.78 is 0.786. The molecule has 19 heavy (non-hydrogen) atoms. The van der Waals surface area contributed by atoms with Gasteiger partial charge in [0.15, 0.2) is 0 Å². The van der Waals surface area contributed by atoms with Crippen molar-refractivity contribution in [2.75, 3.05) is 5.32 Å². The van der Waals surface area contributed by atoms with Crippen molar-refractivity contribution in [3.63, 3.8) is 0 Å². The van der Waals surface area contributed by atoms with Crippen molar-refractivity contribution in [1.29, 1.82) is 0 Å². The van der Waals surface area contributed by atoms with Crippen molar-refractivity contribution in [2.24, 2.45) is 0 Å². The summed E-state index contributed by atoms with van der Waals surface area (Å²) in [5.74, 6) is 0.767. The molecule has 0 atom stereocenters. The van der Waals surface area contributed by atoms with Gasteiger partial charge in [0.2, 0.25) is 5.28 Å². The number of anilines is 1. The summed E-state index contributed by atoms with van der Waals surface area (Å²) in [4.78, 5) is 11.7. The first-order valence-corrected chi connectivity index (χ1v) is 7.92. The molecule has 0 aliphatic rings. The van der Waals surface area contributed by atoms with E-state index < -0.39 is 0 Å². The minimum atomic E-state index is 0.265. The molecule has 0 saturated carbocycles. The maximum Gasteiger partial charge on any atom is 0.225 e. The van der Waals surface area contributed by atoms with Crippen molar-refractivity contribution < 1.29 is 0 Å². The number of hydrogen-bond donors (Lipinski definition) is 1. The Morgan fingerprint density at radius 1 is 1.21 bits per heavy atom. The molecule has 3 nitrogen and oxygen atoms in total. The fraction of sp³-hybridized carbons (Fsp3) is 0.167. The van der Waals surface area contributed by atoms with E-state index in [1.165, 1.54) is 4.88 Å². The predicted molar refractivity (Wildman–Crippen MR) is 83.8 cm³/mol. The first-order chi connectivity index (χ1) is 9.11. The summed E-state index contributed by atoms with van der Waals surface area (Å²) in [6.45, 7) is 2.72. The third-order valence-corrected chi connectivity index (χ3v) is 4.89. The van der Waals surface area contributed by atoms with Crippen LogP contribution in [0.15, 0.2) is 18.2 Å². The monoisotopic (exact) mass is 329 g/mol. The van der Waals surface area contributed by atoms with Gasteiger partial charge in [-0.2, -0.15) is 0 Å². The Morgan fingerprint density at radius 2 is 2.05 bits per heavy atom. The van der Waals surface area contributed by atoms with Crippen LogP contribution in [0.1, 0.15) is 9.75 Å². The summed E-state index contributed by atoms with van der Waals surface area (Å²) in [7, 11) is 0. The average Bonchev–Trinajstić information content (AvgIpc) is 2.91. The highest BCUT2D eigenvalue weighted by atomic mass is 35.5. The van der Waals surface area contributed by atoms with Crippen molar-refractivity contribution in [1.82, 2.24) is 9.97 Å². The van der Waals surface area contributed by atoms with Crippen LogP contribution < -0.4 is 5.32 Å². The molecule has 3 aromatic rings. The maximum absolute atomic E-state index is 5.94. The first-order valence-electron chi connectivity index (χ1n) is 5.53. The molecule has 1 N–H and O–H groups in total. The highest BCUT2D eigenvalue weighted by molar-refractivity contribution is 7.18. The third kappa shape index (κ3) is 2.84. The molecule has 0 aliphatic carbocycles. The third-order valence-electron chi connectivity index (χ3n) is 2.55. The lowest BCUT2D eigenvalue weighted by molar-refractivity contribution is 1.13. The summed E-state index contributed by atoms with van der Waals surface area (Å²) in [5.41, 5.74) is 0. The van der Waals surface area contributed by atoms with Crippen LogP contribution >= 0.6 is 45.9 Å². The zero-order valence-electron chi connectivity index (χ0n) is 9.91. The fourth-order valence-electron chi connectivity index (χ4n) is 1.77. The normalized spacial score (nSPS) is 11.1. The van der Waals surface area contributed by atoms with Crippen LogP contribution in [-0.2, 0) is 6.54 Å². The van der Waals surface area contributed by atoms with Crippen LogP contribution in [0.25, 0.3) is 10.2 Å². The second-order valence-electron chi connectivity index (χ2n) is 3.98. The molecule has 3 aromatic heterocycles. The zero-order chi connectivity index (χ0) is 13.4. The molecular weight excluding hydrogens is 321 g/mol. The molecule has 0 aromatic carbocycles. The molecule has 0 unspecified atom stereocenters. The van der Waals surface area contributed by atoms with Gasteiger partial charge in [-0.25, -0.2) is 9.97 Å². The highest BCUT2D eigenvalue weighted by Crippen LogP contribution is 2.30. The Morgan fingerprint density at radius 3 is 2.79 bits per heavy atom. The minimum absolute atomic E-state index is 0.265. The number of thiophene rings is 2. The van der Waals surface area contributed by atoms with E-state index in [1.807, 2.05) is 19.1 Å². The van der Waals surface area contributed by atoms with Gasteiger partial charge in [-0.05, 0) is 36.7 Å². The Bertz CT molecular complexity index is 736. The molecule has 3 rings (SSSR count). The van der Waals surface area contributed by atoms with Gasteiger partial charge in [0, 0.05) is 9.75 Å². The van der Waals surface area contributed by atoms with Crippen molar-refractivity contribution in [3.05, 3.63) is 37.6 Å². The van der Waals surface area contributed by atoms with E-state index in [0.29, 0.717) is 6.54 Å². The van der Waals surface area contributed by atoms with Crippen LogP contribution in [-0.4, -0.2) is 9.97 Å². The summed E-state index contributed by atoms with van der Waals surface area (Å²) >= 11 is 15.0. The van der Waals surface area contributed by atoms with E-state index in [4.69, 9.17) is 23.2 Å². The predicted octanol–water partition coefficient (Wildman–Crippen LogP) is 4.98. The molecule has 0 amide bonds. The average molecular weight is 330 g/mol. The van der Waals surface area contributed by atoms with Crippen molar-refractivity contribution in [2.45, 2.75) is 13.5 Å². The number of fused-ring (bicyclic) bond motifs is 1. The largest absolute Gasteiger partial charge is 0.364 e. The quantitative estimate of drug-likeness (QED) is 0.688. The molecule has 3 heterocycles. The molecule has 0 saturated heterocycles. The lowest BCUT2D eigenvalue weighted by Gasteiger charge is -2.05. The first kappa shape index (κ1) is 13.1. The minimum Gasteiger partial charge on any atom is -0.364 e. The lowest BCUT2D eigenvalue weighted by atomic mass is 10.3. The van der Waals surface area contributed by atoms with Gasteiger partial charge in [0.1, 0.15) is 10.6 Å². The Kier molecular flexibility index (Phi) is 3.62. The second kappa shape index (κ2) is 5.25. The molecule has 0 radical (unpaired) electrons. The van der Waals surface area contributed by atoms with Gasteiger partial charge in [0.25, 0.3) is 0 Å². The smallest absolute Gasteiger partial charge is 0.225 e. The van der Waals surface area contributed by atoms with E-state index in [9.17, 15) is 0 Å². The van der Waals surface area contributed by atoms with Crippen molar-refractivity contribution in [3.8, 4) is 0 Å². The van der Waals surface area contributed by atoms with E-state index in [1.54, 1.807) is 22.7 Å². The topological polar surface area (TPSA) is 37.8 Å².